The maximum absolute atomic E-state index is 12.8. The summed E-state index contributed by atoms with van der Waals surface area (Å²) < 4.78 is 0. The van der Waals surface area contributed by atoms with Crippen LogP contribution >= 0.6 is 11.3 Å². The molecule has 2 aliphatic heterocycles. The van der Waals surface area contributed by atoms with Gasteiger partial charge in [-0.1, -0.05) is 11.3 Å². The minimum absolute atomic E-state index is 0.000748. The standard InChI is InChI=1S/C17H19N5O2S/c23-14(10-2-1-5-18-8-10)13-15-12(4-7-20-13)21-17(25-15)22-16(24)11-3-6-19-9-11/h1-2,5,8,11,13,19-20H,3-4,6-7,9H2,(H,21,22,24)/t11-,13?/m0/s1. The summed E-state index contributed by atoms with van der Waals surface area (Å²) >= 11 is 1.39. The summed E-state index contributed by atoms with van der Waals surface area (Å²) in [5, 5.41) is 9.95. The Hall–Kier alpha value is -2.16. The Kier molecular flexibility index (Phi) is 4.56. The molecule has 0 aromatic carbocycles. The quantitative estimate of drug-likeness (QED) is 0.711. The van der Waals surface area contributed by atoms with Crippen LogP contribution < -0.4 is 16.0 Å². The van der Waals surface area contributed by atoms with E-state index in [2.05, 4.69) is 25.9 Å². The number of hydrogen-bond donors (Lipinski definition) is 3. The zero-order chi connectivity index (χ0) is 17.2. The van der Waals surface area contributed by atoms with Crippen LogP contribution in [0.4, 0.5) is 5.13 Å². The fraction of sp³-hybridized carbons (Fsp3) is 0.412. The molecule has 0 saturated carbocycles. The molecule has 0 radical (unpaired) electrons. The van der Waals surface area contributed by atoms with Gasteiger partial charge in [-0.05, 0) is 25.1 Å². The summed E-state index contributed by atoms with van der Waals surface area (Å²) in [5.41, 5.74) is 1.47. The lowest BCUT2D eigenvalue weighted by Crippen LogP contribution is -2.34. The summed E-state index contributed by atoms with van der Waals surface area (Å²) in [6.07, 6.45) is 4.83. The van der Waals surface area contributed by atoms with E-state index in [1.54, 1.807) is 24.5 Å². The molecule has 4 heterocycles. The number of carbonyl (C=O) groups excluding carboxylic acids is 2. The molecule has 25 heavy (non-hydrogen) atoms. The molecule has 0 bridgehead atoms. The first kappa shape index (κ1) is 16.3. The molecule has 1 saturated heterocycles. The van der Waals surface area contributed by atoms with Crippen LogP contribution in [0.15, 0.2) is 24.5 Å². The van der Waals surface area contributed by atoms with Crippen molar-refractivity contribution in [2.45, 2.75) is 18.9 Å². The summed E-state index contributed by atoms with van der Waals surface area (Å²) in [4.78, 5) is 34.5. The number of carbonyl (C=O) groups is 2. The third-order valence-electron chi connectivity index (χ3n) is 4.57. The van der Waals surface area contributed by atoms with E-state index in [-0.39, 0.29) is 17.6 Å². The summed E-state index contributed by atoms with van der Waals surface area (Å²) in [5.74, 6) is -0.0263. The van der Waals surface area contributed by atoms with E-state index in [1.807, 2.05) is 0 Å². The van der Waals surface area contributed by atoms with Crippen LogP contribution in [-0.2, 0) is 11.2 Å². The second-order valence-electron chi connectivity index (χ2n) is 6.25. The number of ketones is 1. The highest BCUT2D eigenvalue weighted by molar-refractivity contribution is 7.16. The molecule has 1 amide bonds. The van der Waals surface area contributed by atoms with Crippen molar-refractivity contribution < 1.29 is 9.59 Å². The van der Waals surface area contributed by atoms with E-state index in [0.29, 0.717) is 23.8 Å². The average Bonchev–Trinajstić information content (AvgIpc) is 3.30. The number of thiazole rings is 1. The van der Waals surface area contributed by atoms with Gasteiger partial charge >= 0.3 is 0 Å². The Labute approximate surface area is 149 Å². The number of pyridine rings is 1. The number of rotatable bonds is 4. The van der Waals surface area contributed by atoms with Gasteiger partial charge in [0.05, 0.1) is 16.5 Å². The third kappa shape index (κ3) is 3.33. The number of amides is 1. The van der Waals surface area contributed by atoms with Crippen LogP contribution in [0.25, 0.3) is 0 Å². The highest BCUT2D eigenvalue weighted by atomic mass is 32.1. The molecule has 3 N–H and O–H groups in total. The van der Waals surface area contributed by atoms with E-state index in [1.165, 1.54) is 11.3 Å². The second kappa shape index (κ2) is 6.99. The van der Waals surface area contributed by atoms with Gasteiger partial charge in [-0.25, -0.2) is 4.98 Å². The Balaban J connectivity index is 1.54. The van der Waals surface area contributed by atoms with E-state index < -0.39 is 6.04 Å². The van der Waals surface area contributed by atoms with Crippen LogP contribution in [0, 0.1) is 5.92 Å². The molecule has 8 heteroatoms. The number of aromatic nitrogens is 2. The highest BCUT2D eigenvalue weighted by Gasteiger charge is 2.31. The predicted molar refractivity (Wildman–Crippen MR) is 94.7 cm³/mol. The van der Waals surface area contributed by atoms with Gasteiger partial charge in [0.1, 0.15) is 6.04 Å². The van der Waals surface area contributed by atoms with Crippen molar-refractivity contribution in [2.75, 3.05) is 25.0 Å². The molecule has 2 aromatic heterocycles. The lowest BCUT2D eigenvalue weighted by molar-refractivity contribution is -0.119. The van der Waals surface area contributed by atoms with E-state index in [0.717, 1.165) is 30.0 Å². The van der Waals surface area contributed by atoms with Crippen molar-refractivity contribution in [3.63, 3.8) is 0 Å². The lowest BCUT2D eigenvalue weighted by atomic mass is 10.00. The normalized spacial score (nSPS) is 22.4. The molecule has 0 aliphatic carbocycles. The number of nitrogens with zero attached hydrogens (tertiary/aromatic N) is 2. The molecule has 2 aliphatic rings. The molecule has 130 valence electrons. The summed E-state index contributed by atoms with van der Waals surface area (Å²) in [7, 11) is 0. The van der Waals surface area contributed by atoms with Crippen LogP contribution in [-0.4, -0.2) is 41.3 Å². The van der Waals surface area contributed by atoms with Gasteiger partial charge in [0.15, 0.2) is 10.9 Å². The Morgan fingerprint density at radius 2 is 2.24 bits per heavy atom. The smallest absolute Gasteiger partial charge is 0.230 e. The molecule has 7 nitrogen and oxygen atoms in total. The van der Waals surface area contributed by atoms with Crippen LogP contribution in [0.2, 0.25) is 0 Å². The fourth-order valence-electron chi connectivity index (χ4n) is 3.22. The van der Waals surface area contributed by atoms with Crippen molar-refractivity contribution in [2.24, 2.45) is 5.92 Å². The van der Waals surface area contributed by atoms with Crippen molar-refractivity contribution in [1.29, 1.82) is 0 Å². The van der Waals surface area contributed by atoms with Gasteiger partial charge in [0.25, 0.3) is 0 Å². The summed E-state index contributed by atoms with van der Waals surface area (Å²) in [6.45, 7) is 2.27. The van der Waals surface area contributed by atoms with Gasteiger partial charge in [-0.15, -0.1) is 0 Å². The number of Topliss-reactive ketones (excluding diaryl/α,β-unsaturated/α-hetero) is 1. The minimum atomic E-state index is -0.427. The first-order valence-electron chi connectivity index (χ1n) is 8.41. The van der Waals surface area contributed by atoms with Crippen molar-refractivity contribution in [3.8, 4) is 0 Å². The van der Waals surface area contributed by atoms with Gasteiger partial charge < -0.3 is 16.0 Å². The monoisotopic (exact) mass is 357 g/mol. The van der Waals surface area contributed by atoms with Crippen LogP contribution in [0.3, 0.4) is 0 Å². The number of anilines is 1. The Morgan fingerprint density at radius 1 is 1.32 bits per heavy atom. The minimum Gasteiger partial charge on any atom is -0.316 e. The van der Waals surface area contributed by atoms with E-state index >= 15 is 0 Å². The molecular weight excluding hydrogens is 338 g/mol. The Morgan fingerprint density at radius 3 is 3.00 bits per heavy atom. The molecule has 1 fully saturated rings. The van der Waals surface area contributed by atoms with Gasteiger partial charge in [-0.3, -0.25) is 14.6 Å². The number of nitrogens with one attached hydrogen (secondary N) is 3. The largest absolute Gasteiger partial charge is 0.316 e. The lowest BCUT2D eigenvalue weighted by Gasteiger charge is -2.21. The van der Waals surface area contributed by atoms with Crippen molar-refractivity contribution >= 4 is 28.2 Å². The van der Waals surface area contributed by atoms with Crippen LogP contribution in [0.1, 0.15) is 33.4 Å². The zero-order valence-corrected chi connectivity index (χ0v) is 14.4. The predicted octanol–water partition coefficient (Wildman–Crippen LogP) is 1.16. The molecular formula is C17H19N5O2S. The van der Waals surface area contributed by atoms with E-state index in [9.17, 15) is 9.59 Å². The highest BCUT2D eigenvalue weighted by Crippen LogP contribution is 2.33. The maximum Gasteiger partial charge on any atom is 0.230 e. The number of hydrogen-bond acceptors (Lipinski definition) is 7. The topological polar surface area (TPSA) is 96.0 Å². The Bertz CT molecular complexity index is 786. The summed E-state index contributed by atoms with van der Waals surface area (Å²) in [6, 6.07) is 3.09. The van der Waals surface area contributed by atoms with Crippen molar-refractivity contribution in [1.82, 2.24) is 20.6 Å². The van der Waals surface area contributed by atoms with Crippen LogP contribution in [0.5, 0.6) is 0 Å². The molecule has 2 atom stereocenters. The second-order valence-corrected chi connectivity index (χ2v) is 7.28. The number of fused-ring (bicyclic) bond motifs is 1. The van der Waals surface area contributed by atoms with Gasteiger partial charge in [0, 0.05) is 37.5 Å². The van der Waals surface area contributed by atoms with Crippen molar-refractivity contribution in [3.05, 3.63) is 40.7 Å². The first-order chi connectivity index (χ1) is 12.2. The fourth-order valence-corrected chi connectivity index (χ4v) is 4.31. The SMILES string of the molecule is O=C(c1cccnc1)C1NCCc2nc(NC(=O)[C@H]3CCNC3)sc21. The molecule has 2 aromatic rings. The third-order valence-corrected chi connectivity index (χ3v) is 5.65. The molecule has 0 spiro atoms. The van der Waals surface area contributed by atoms with Gasteiger partial charge in [-0.2, -0.15) is 0 Å². The van der Waals surface area contributed by atoms with E-state index in [4.69, 9.17) is 0 Å². The molecule has 4 rings (SSSR count). The first-order valence-corrected chi connectivity index (χ1v) is 9.23. The molecule has 1 unspecified atom stereocenters. The zero-order valence-electron chi connectivity index (χ0n) is 13.6. The average molecular weight is 357 g/mol. The maximum atomic E-state index is 12.8. The van der Waals surface area contributed by atoms with Gasteiger partial charge in [0.2, 0.25) is 5.91 Å².